The zero-order valence-corrected chi connectivity index (χ0v) is 11.1. The summed E-state index contributed by atoms with van der Waals surface area (Å²) in [5, 5.41) is 0. The summed E-state index contributed by atoms with van der Waals surface area (Å²) in [5.74, 6) is 0.366. The Morgan fingerprint density at radius 3 is 2.67 bits per heavy atom. The van der Waals surface area contributed by atoms with Crippen LogP contribution in [0.5, 0.6) is 0 Å². The van der Waals surface area contributed by atoms with Crippen molar-refractivity contribution in [2.45, 2.75) is 36.8 Å². The first kappa shape index (κ1) is 12.1. The van der Waals surface area contributed by atoms with Crippen LogP contribution < -0.4 is 4.72 Å². The van der Waals surface area contributed by atoms with Crippen LogP contribution in [0.4, 0.5) is 0 Å². The van der Waals surface area contributed by atoms with Gasteiger partial charge in [-0.05, 0) is 31.9 Å². The topological polar surface area (TPSA) is 55.4 Å². The van der Waals surface area contributed by atoms with Crippen molar-refractivity contribution in [2.75, 3.05) is 6.61 Å². The first-order valence-electron chi connectivity index (χ1n) is 6.27. The second-order valence-corrected chi connectivity index (χ2v) is 6.85. The van der Waals surface area contributed by atoms with Crippen LogP contribution in [0.15, 0.2) is 29.2 Å². The maximum absolute atomic E-state index is 12.2. The Morgan fingerprint density at radius 1 is 1.28 bits per heavy atom. The lowest BCUT2D eigenvalue weighted by Crippen LogP contribution is -2.53. The van der Waals surface area contributed by atoms with Gasteiger partial charge in [-0.15, -0.1) is 0 Å². The van der Waals surface area contributed by atoms with Crippen LogP contribution in [0.2, 0.25) is 0 Å². The molecule has 1 aromatic rings. The molecule has 4 nitrogen and oxygen atoms in total. The summed E-state index contributed by atoms with van der Waals surface area (Å²) in [4.78, 5) is 0.343. The Bertz CT molecular complexity index is 538. The van der Waals surface area contributed by atoms with Gasteiger partial charge in [-0.1, -0.05) is 17.7 Å². The zero-order chi connectivity index (χ0) is 12.8. The van der Waals surface area contributed by atoms with Crippen molar-refractivity contribution in [3.05, 3.63) is 29.8 Å². The normalized spacial score (nSPS) is 30.8. The van der Waals surface area contributed by atoms with Crippen LogP contribution in [0.25, 0.3) is 0 Å². The lowest BCUT2D eigenvalue weighted by Gasteiger charge is -2.39. The summed E-state index contributed by atoms with van der Waals surface area (Å²) in [6.07, 6.45) is 2.04. The van der Waals surface area contributed by atoms with Gasteiger partial charge in [-0.25, -0.2) is 13.1 Å². The second-order valence-electron chi connectivity index (χ2n) is 5.14. The minimum Gasteiger partial charge on any atom is -0.378 e. The minimum absolute atomic E-state index is 0.0452. The van der Waals surface area contributed by atoms with Gasteiger partial charge in [0.1, 0.15) is 0 Å². The van der Waals surface area contributed by atoms with E-state index in [4.69, 9.17) is 4.74 Å². The lowest BCUT2D eigenvalue weighted by molar-refractivity contribution is 0.0143. The molecule has 1 aliphatic carbocycles. The second kappa shape index (κ2) is 4.33. The van der Waals surface area contributed by atoms with Crippen LogP contribution >= 0.6 is 0 Å². The summed E-state index contributed by atoms with van der Waals surface area (Å²) in [7, 11) is -3.38. The number of rotatable bonds is 3. The minimum atomic E-state index is -3.38. The fourth-order valence-corrected chi connectivity index (χ4v) is 4.02. The summed E-state index contributed by atoms with van der Waals surface area (Å²) in [5.41, 5.74) is 1.06. The van der Waals surface area contributed by atoms with Gasteiger partial charge in [0.05, 0.1) is 11.0 Å². The molecule has 5 heteroatoms. The molecule has 0 radical (unpaired) electrons. The molecule has 0 amide bonds. The number of benzene rings is 1. The molecule has 3 atom stereocenters. The van der Waals surface area contributed by atoms with E-state index in [1.54, 1.807) is 12.1 Å². The summed E-state index contributed by atoms with van der Waals surface area (Å²) < 4.78 is 32.6. The van der Waals surface area contributed by atoms with Crippen LogP contribution in [0, 0.1) is 12.8 Å². The summed E-state index contributed by atoms with van der Waals surface area (Å²) in [6, 6.07) is 6.98. The number of hydrogen-bond acceptors (Lipinski definition) is 3. The fourth-order valence-electron chi connectivity index (χ4n) is 2.72. The van der Waals surface area contributed by atoms with Crippen LogP contribution in [0.3, 0.4) is 0 Å². The molecule has 1 aliphatic heterocycles. The molecule has 1 heterocycles. The quantitative estimate of drug-likeness (QED) is 0.902. The van der Waals surface area contributed by atoms with Gasteiger partial charge in [-0.3, -0.25) is 0 Å². The number of hydrogen-bond donors (Lipinski definition) is 1. The predicted molar refractivity (Wildman–Crippen MR) is 67.8 cm³/mol. The highest BCUT2D eigenvalue weighted by atomic mass is 32.2. The number of ether oxygens (including phenoxy) is 1. The molecule has 1 saturated carbocycles. The van der Waals surface area contributed by atoms with E-state index < -0.39 is 10.0 Å². The van der Waals surface area contributed by atoms with Crippen LogP contribution in [-0.2, 0) is 14.8 Å². The van der Waals surface area contributed by atoms with E-state index in [1.165, 1.54) is 0 Å². The molecule has 1 N–H and O–H groups in total. The Balaban J connectivity index is 1.73. The van der Waals surface area contributed by atoms with Crippen LogP contribution in [0.1, 0.15) is 18.4 Å². The first-order chi connectivity index (χ1) is 8.56. The predicted octanol–water partition coefficient (Wildman–Crippen LogP) is 1.45. The summed E-state index contributed by atoms with van der Waals surface area (Å²) >= 11 is 0. The number of sulfonamides is 1. The molecule has 1 aromatic carbocycles. The monoisotopic (exact) mass is 267 g/mol. The SMILES string of the molecule is Cc1ccc(S(=O)(=O)N[C@@H]2C[C@H]3OCC[C@@H]23)cc1. The van der Waals surface area contributed by atoms with Crippen molar-refractivity contribution in [1.29, 1.82) is 0 Å². The van der Waals surface area contributed by atoms with Crippen molar-refractivity contribution >= 4 is 10.0 Å². The smallest absolute Gasteiger partial charge is 0.240 e. The third kappa shape index (κ3) is 2.06. The molecule has 98 valence electrons. The standard InChI is InChI=1S/C13H17NO3S/c1-9-2-4-10(5-3-9)18(15,16)14-12-8-13-11(12)6-7-17-13/h2-5,11-14H,6-8H2,1H3/t11-,12+,13+/m0/s1. The highest BCUT2D eigenvalue weighted by molar-refractivity contribution is 7.89. The van der Waals surface area contributed by atoms with Gasteiger partial charge in [-0.2, -0.15) is 0 Å². The highest BCUT2D eigenvalue weighted by Gasteiger charge is 2.46. The lowest BCUT2D eigenvalue weighted by atomic mass is 9.77. The van der Waals surface area contributed by atoms with Crippen molar-refractivity contribution in [2.24, 2.45) is 5.92 Å². The zero-order valence-electron chi connectivity index (χ0n) is 10.3. The molecule has 0 spiro atoms. The van der Waals surface area contributed by atoms with E-state index in [0.29, 0.717) is 10.8 Å². The fraction of sp³-hybridized carbons (Fsp3) is 0.538. The van der Waals surface area contributed by atoms with E-state index in [0.717, 1.165) is 25.0 Å². The van der Waals surface area contributed by atoms with Gasteiger partial charge in [0.25, 0.3) is 0 Å². The van der Waals surface area contributed by atoms with Crippen LogP contribution in [-0.4, -0.2) is 27.2 Å². The van der Waals surface area contributed by atoms with E-state index in [-0.39, 0.29) is 12.1 Å². The van der Waals surface area contributed by atoms with E-state index in [9.17, 15) is 8.42 Å². The highest BCUT2D eigenvalue weighted by Crippen LogP contribution is 2.39. The summed E-state index contributed by atoms with van der Waals surface area (Å²) in [6.45, 7) is 2.70. The van der Waals surface area contributed by atoms with Gasteiger partial charge in [0, 0.05) is 18.6 Å². The number of fused-ring (bicyclic) bond motifs is 1. The maximum Gasteiger partial charge on any atom is 0.240 e. The Hall–Kier alpha value is -0.910. The van der Waals surface area contributed by atoms with Gasteiger partial charge in [0.15, 0.2) is 0 Å². The van der Waals surface area contributed by atoms with E-state index in [2.05, 4.69) is 4.72 Å². The molecule has 0 unspecified atom stereocenters. The van der Waals surface area contributed by atoms with Crippen molar-refractivity contribution in [3.63, 3.8) is 0 Å². The third-order valence-electron chi connectivity index (χ3n) is 3.90. The molecule has 2 aliphatic rings. The molecule has 18 heavy (non-hydrogen) atoms. The number of nitrogens with one attached hydrogen (secondary N) is 1. The molecular weight excluding hydrogens is 250 g/mol. The van der Waals surface area contributed by atoms with Gasteiger partial charge >= 0.3 is 0 Å². The molecule has 3 rings (SSSR count). The molecular formula is C13H17NO3S. The van der Waals surface area contributed by atoms with E-state index in [1.807, 2.05) is 19.1 Å². The Morgan fingerprint density at radius 2 is 2.00 bits per heavy atom. The van der Waals surface area contributed by atoms with Gasteiger partial charge in [0.2, 0.25) is 10.0 Å². The molecule has 0 bridgehead atoms. The largest absolute Gasteiger partial charge is 0.378 e. The molecule has 2 fully saturated rings. The molecule has 1 saturated heterocycles. The van der Waals surface area contributed by atoms with Gasteiger partial charge < -0.3 is 4.74 Å². The first-order valence-corrected chi connectivity index (χ1v) is 7.75. The average molecular weight is 267 g/mol. The van der Waals surface area contributed by atoms with Crippen molar-refractivity contribution in [1.82, 2.24) is 4.72 Å². The maximum atomic E-state index is 12.2. The van der Waals surface area contributed by atoms with E-state index >= 15 is 0 Å². The van der Waals surface area contributed by atoms with Crippen molar-refractivity contribution in [3.8, 4) is 0 Å². The van der Waals surface area contributed by atoms with Crippen molar-refractivity contribution < 1.29 is 13.2 Å². The Labute approximate surface area is 107 Å². The third-order valence-corrected chi connectivity index (χ3v) is 5.41. The number of aryl methyl sites for hydroxylation is 1. The average Bonchev–Trinajstić information content (AvgIpc) is 2.68. The molecule has 0 aromatic heterocycles. The Kier molecular flexibility index (Phi) is 2.92.